The van der Waals surface area contributed by atoms with Gasteiger partial charge in [0.25, 0.3) is 0 Å². The molecule has 25 heavy (non-hydrogen) atoms. The second-order valence-corrected chi connectivity index (χ2v) is 6.92. The van der Waals surface area contributed by atoms with Gasteiger partial charge < -0.3 is 24.5 Å². The number of aliphatic hydroxyl groups is 1. The van der Waals surface area contributed by atoms with Gasteiger partial charge in [0.1, 0.15) is 11.3 Å². The van der Waals surface area contributed by atoms with Crippen LogP contribution >= 0.6 is 0 Å². The van der Waals surface area contributed by atoms with Crippen molar-refractivity contribution in [3.63, 3.8) is 0 Å². The number of β-amino-alcohol motifs (C(OH)–C–C–N with tert-alkyl or cyclic N) is 1. The first-order chi connectivity index (χ1) is 12.2. The van der Waals surface area contributed by atoms with Crippen LogP contribution in [-0.4, -0.2) is 55.5 Å². The summed E-state index contributed by atoms with van der Waals surface area (Å²) in [6.45, 7) is 6.15. The molecule has 1 aliphatic heterocycles. The Morgan fingerprint density at radius 1 is 1.32 bits per heavy atom. The summed E-state index contributed by atoms with van der Waals surface area (Å²) in [4.78, 5) is 2.33. The highest BCUT2D eigenvalue weighted by Crippen LogP contribution is 2.26. The Morgan fingerprint density at radius 3 is 2.80 bits per heavy atom. The molecule has 1 aromatic heterocycles. The average molecular weight is 346 g/mol. The normalized spacial score (nSPS) is 18.0. The summed E-state index contributed by atoms with van der Waals surface area (Å²) in [5.41, 5.74) is 2.29. The van der Waals surface area contributed by atoms with Crippen molar-refractivity contribution in [2.45, 2.75) is 44.9 Å². The molecule has 5 heteroatoms. The van der Waals surface area contributed by atoms with E-state index < -0.39 is 0 Å². The van der Waals surface area contributed by atoms with Crippen molar-refractivity contribution in [1.29, 1.82) is 0 Å². The van der Waals surface area contributed by atoms with Gasteiger partial charge in [0.2, 0.25) is 0 Å². The minimum atomic E-state index is -0.390. The van der Waals surface area contributed by atoms with Gasteiger partial charge in [-0.05, 0) is 32.0 Å². The molecule has 3 rings (SSSR count). The Bertz CT molecular complexity index is 662. The first-order valence-electron chi connectivity index (χ1n) is 9.33. The van der Waals surface area contributed by atoms with Crippen molar-refractivity contribution in [3.8, 4) is 0 Å². The number of aliphatic hydroxyl groups excluding tert-OH is 1. The highest BCUT2D eigenvalue weighted by Gasteiger charge is 2.21. The first-order valence-corrected chi connectivity index (χ1v) is 9.33. The average Bonchev–Trinajstić information content (AvgIpc) is 2.99. The van der Waals surface area contributed by atoms with Crippen LogP contribution in [0, 0.1) is 0 Å². The number of furan rings is 1. The zero-order valence-corrected chi connectivity index (χ0v) is 15.3. The highest BCUT2D eigenvalue weighted by atomic mass is 16.5. The van der Waals surface area contributed by atoms with E-state index in [4.69, 9.17) is 9.15 Å². The van der Waals surface area contributed by atoms with Crippen LogP contribution in [0.5, 0.6) is 0 Å². The summed E-state index contributed by atoms with van der Waals surface area (Å²) in [5, 5.41) is 14.8. The Kier molecular flexibility index (Phi) is 6.48. The van der Waals surface area contributed by atoms with Gasteiger partial charge >= 0.3 is 0 Å². The van der Waals surface area contributed by atoms with Crippen LogP contribution in [0.15, 0.2) is 28.7 Å². The maximum Gasteiger partial charge on any atom is 0.134 e. The predicted octanol–water partition coefficient (Wildman–Crippen LogP) is 2.56. The van der Waals surface area contributed by atoms with Crippen LogP contribution in [0.1, 0.15) is 31.1 Å². The molecule has 1 aromatic carbocycles. The molecule has 0 bridgehead atoms. The lowest BCUT2D eigenvalue weighted by Gasteiger charge is -2.33. The minimum Gasteiger partial charge on any atom is -0.461 e. The molecule has 1 atom stereocenters. The van der Waals surface area contributed by atoms with Gasteiger partial charge in [0.15, 0.2) is 0 Å². The number of piperidine rings is 1. The van der Waals surface area contributed by atoms with E-state index in [0.29, 0.717) is 19.2 Å². The van der Waals surface area contributed by atoms with E-state index in [1.807, 2.05) is 12.1 Å². The number of benzene rings is 1. The van der Waals surface area contributed by atoms with Gasteiger partial charge in [-0.15, -0.1) is 0 Å². The highest BCUT2D eigenvalue weighted by molar-refractivity contribution is 5.82. The third-order valence-electron chi connectivity index (χ3n) is 5.09. The molecule has 2 N–H and O–H groups in total. The number of methoxy groups -OCH3 is 1. The Labute approximate surface area is 149 Å². The van der Waals surface area contributed by atoms with E-state index >= 15 is 0 Å². The molecule has 1 unspecified atom stereocenters. The summed E-state index contributed by atoms with van der Waals surface area (Å²) in [7, 11) is 1.63. The number of hydrogen-bond donors (Lipinski definition) is 2. The van der Waals surface area contributed by atoms with E-state index in [1.54, 1.807) is 7.11 Å². The second kappa shape index (κ2) is 8.81. The maximum absolute atomic E-state index is 9.86. The third-order valence-corrected chi connectivity index (χ3v) is 5.09. The summed E-state index contributed by atoms with van der Waals surface area (Å²) in [5.74, 6) is 1.09. The van der Waals surface area contributed by atoms with Gasteiger partial charge in [-0.2, -0.15) is 0 Å². The molecule has 1 saturated heterocycles. The van der Waals surface area contributed by atoms with Crippen molar-refractivity contribution < 1.29 is 14.3 Å². The van der Waals surface area contributed by atoms with E-state index in [0.717, 1.165) is 50.2 Å². The molecule has 138 valence electrons. The molecule has 0 spiro atoms. The second-order valence-electron chi connectivity index (χ2n) is 6.92. The van der Waals surface area contributed by atoms with Crippen molar-refractivity contribution in [1.82, 2.24) is 10.2 Å². The molecule has 0 saturated carbocycles. The molecule has 0 aliphatic carbocycles. The van der Waals surface area contributed by atoms with Crippen LogP contribution in [0.3, 0.4) is 0 Å². The fourth-order valence-corrected chi connectivity index (χ4v) is 3.74. The quantitative estimate of drug-likeness (QED) is 0.769. The summed E-state index contributed by atoms with van der Waals surface area (Å²) in [6, 6.07) is 8.81. The third kappa shape index (κ3) is 4.61. The fourth-order valence-electron chi connectivity index (χ4n) is 3.74. The molecule has 0 amide bonds. The van der Waals surface area contributed by atoms with Crippen LogP contribution in [0.2, 0.25) is 0 Å². The maximum atomic E-state index is 9.86. The standard InChI is InChI=1S/C20H30N2O3/c1-3-19-18(17-6-4-5-7-20(17)25-19)12-21-15-8-10-22(11-9-15)13-16(23)14-24-2/h4-7,15-16,21,23H,3,8-14H2,1-2H3. The Balaban J connectivity index is 1.52. The van der Waals surface area contributed by atoms with E-state index in [9.17, 15) is 5.11 Å². The molecule has 0 radical (unpaired) electrons. The molecular formula is C20H30N2O3. The minimum absolute atomic E-state index is 0.390. The molecule has 5 nitrogen and oxygen atoms in total. The number of ether oxygens (including phenoxy) is 1. The van der Waals surface area contributed by atoms with Gasteiger partial charge in [-0.25, -0.2) is 0 Å². The molecule has 1 fully saturated rings. The molecule has 2 heterocycles. The monoisotopic (exact) mass is 346 g/mol. The number of likely N-dealkylation sites (tertiary alicyclic amines) is 1. The molecular weight excluding hydrogens is 316 g/mol. The van der Waals surface area contributed by atoms with Crippen molar-refractivity contribution in [2.24, 2.45) is 0 Å². The van der Waals surface area contributed by atoms with E-state index in [2.05, 4.69) is 29.3 Å². The summed E-state index contributed by atoms with van der Waals surface area (Å²) < 4.78 is 11.0. The number of rotatable bonds is 8. The summed E-state index contributed by atoms with van der Waals surface area (Å²) in [6.07, 6.45) is 2.74. The number of aryl methyl sites for hydroxylation is 1. The zero-order chi connectivity index (χ0) is 17.6. The summed E-state index contributed by atoms with van der Waals surface area (Å²) >= 11 is 0. The number of nitrogens with one attached hydrogen (secondary N) is 1. The number of nitrogens with zero attached hydrogens (tertiary/aromatic N) is 1. The van der Waals surface area contributed by atoms with Crippen LogP contribution in [0.25, 0.3) is 11.0 Å². The topological polar surface area (TPSA) is 57.9 Å². The van der Waals surface area contributed by atoms with E-state index in [-0.39, 0.29) is 6.10 Å². The van der Waals surface area contributed by atoms with Gasteiger partial charge in [-0.1, -0.05) is 25.1 Å². The Morgan fingerprint density at radius 2 is 2.08 bits per heavy atom. The molecule has 2 aromatic rings. The fraction of sp³-hybridized carbons (Fsp3) is 0.600. The zero-order valence-electron chi connectivity index (χ0n) is 15.3. The van der Waals surface area contributed by atoms with Gasteiger partial charge in [0.05, 0.1) is 12.7 Å². The lowest BCUT2D eigenvalue weighted by atomic mass is 10.0. The first kappa shape index (κ1) is 18.4. The van der Waals surface area contributed by atoms with Gasteiger partial charge in [0, 0.05) is 43.6 Å². The lowest BCUT2D eigenvalue weighted by Crippen LogP contribution is -2.45. The van der Waals surface area contributed by atoms with Crippen LogP contribution in [-0.2, 0) is 17.7 Å². The predicted molar refractivity (Wildman–Crippen MR) is 99.8 cm³/mol. The van der Waals surface area contributed by atoms with Crippen LogP contribution in [0.4, 0.5) is 0 Å². The van der Waals surface area contributed by atoms with Crippen molar-refractivity contribution >= 4 is 11.0 Å². The lowest BCUT2D eigenvalue weighted by molar-refractivity contribution is 0.0310. The number of hydrogen-bond acceptors (Lipinski definition) is 5. The smallest absolute Gasteiger partial charge is 0.134 e. The van der Waals surface area contributed by atoms with Crippen LogP contribution < -0.4 is 5.32 Å². The SMILES string of the molecule is CCc1oc2ccccc2c1CNC1CCN(CC(O)COC)CC1. The largest absolute Gasteiger partial charge is 0.461 e. The van der Waals surface area contributed by atoms with Crippen molar-refractivity contribution in [2.75, 3.05) is 33.4 Å². The number of fused-ring (bicyclic) bond motifs is 1. The Hall–Kier alpha value is -1.40. The van der Waals surface area contributed by atoms with E-state index in [1.165, 1.54) is 10.9 Å². The molecule has 1 aliphatic rings. The van der Waals surface area contributed by atoms with Gasteiger partial charge in [-0.3, -0.25) is 0 Å². The number of para-hydroxylation sites is 1. The van der Waals surface area contributed by atoms with Crippen molar-refractivity contribution in [3.05, 3.63) is 35.6 Å².